The number of amides is 2. The van der Waals surface area contributed by atoms with Crippen molar-refractivity contribution >= 4 is 33.4 Å². The third kappa shape index (κ3) is 3.95. The van der Waals surface area contributed by atoms with E-state index in [-0.39, 0.29) is 11.8 Å². The molecule has 0 radical (unpaired) electrons. The van der Waals surface area contributed by atoms with Crippen LogP contribution in [0.5, 0.6) is 0 Å². The number of benzene rings is 2. The lowest BCUT2D eigenvalue weighted by atomic mass is 10.1. The van der Waals surface area contributed by atoms with Crippen LogP contribution in [0.1, 0.15) is 33.2 Å². The van der Waals surface area contributed by atoms with Gasteiger partial charge in [-0.2, -0.15) is 0 Å². The van der Waals surface area contributed by atoms with Gasteiger partial charge in [0.05, 0.1) is 0 Å². The van der Waals surface area contributed by atoms with Crippen LogP contribution in [-0.2, 0) is 0 Å². The fourth-order valence-electron chi connectivity index (χ4n) is 1.94. The SMILES string of the molecule is CCNC(=O)c1cccc(NC(=O)c2ccc(C)c(Br)c2)c1. The highest BCUT2D eigenvalue weighted by Crippen LogP contribution is 2.19. The smallest absolute Gasteiger partial charge is 0.255 e. The minimum atomic E-state index is -0.214. The van der Waals surface area contributed by atoms with Crippen molar-refractivity contribution in [2.45, 2.75) is 13.8 Å². The summed E-state index contributed by atoms with van der Waals surface area (Å²) in [6, 6.07) is 12.3. The van der Waals surface area contributed by atoms with Crippen LogP contribution >= 0.6 is 15.9 Å². The van der Waals surface area contributed by atoms with Crippen LogP contribution in [0.25, 0.3) is 0 Å². The predicted molar refractivity (Wildman–Crippen MR) is 91.3 cm³/mol. The molecule has 2 rings (SSSR count). The molecule has 0 aliphatic rings. The number of carbonyl (C=O) groups is 2. The maximum Gasteiger partial charge on any atom is 0.255 e. The fourth-order valence-corrected chi connectivity index (χ4v) is 2.32. The lowest BCUT2D eigenvalue weighted by Crippen LogP contribution is -2.22. The Morgan fingerprint density at radius 2 is 1.77 bits per heavy atom. The molecule has 2 aromatic rings. The van der Waals surface area contributed by atoms with E-state index < -0.39 is 0 Å². The van der Waals surface area contributed by atoms with Crippen molar-refractivity contribution in [2.24, 2.45) is 0 Å². The molecule has 0 fully saturated rings. The number of hydrogen-bond donors (Lipinski definition) is 2. The number of halogens is 1. The molecule has 4 nitrogen and oxygen atoms in total. The summed E-state index contributed by atoms with van der Waals surface area (Å²) in [6.45, 7) is 4.38. The van der Waals surface area contributed by atoms with Crippen LogP contribution in [0.15, 0.2) is 46.9 Å². The Labute approximate surface area is 138 Å². The van der Waals surface area contributed by atoms with Crippen molar-refractivity contribution in [3.8, 4) is 0 Å². The van der Waals surface area contributed by atoms with Gasteiger partial charge in [-0.3, -0.25) is 9.59 Å². The number of anilines is 1. The van der Waals surface area contributed by atoms with E-state index in [1.807, 2.05) is 19.9 Å². The van der Waals surface area contributed by atoms with Gasteiger partial charge in [-0.15, -0.1) is 0 Å². The Morgan fingerprint density at radius 1 is 1.05 bits per heavy atom. The van der Waals surface area contributed by atoms with Gasteiger partial charge in [0.2, 0.25) is 0 Å². The van der Waals surface area contributed by atoms with Gasteiger partial charge in [-0.25, -0.2) is 0 Å². The van der Waals surface area contributed by atoms with E-state index in [1.165, 1.54) is 0 Å². The monoisotopic (exact) mass is 360 g/mol. The minimum Gasteiger partial charge on any atom is -0.352 e. The van der Waals surface area contributed by atoms with E-state index in [4.69, 9.17) is 0 Å². The number of aryl methyl sites for hydroxylation is 1. The number of hydrogen-bond acceptors (Lipinski definition) is 2. The van der Waals surface area contributed by atoms with Crippen LogP contribution < -0.4 is 10.6 Å². The summed E-state index contributed by atoms with van der Waals surface area (Å²) in [4.78, 5) is 24.1. The molecule has 2 amide bonds. The lowest BCUT2D eigenvalue weighted by Gasteiger charge is -2.08. The average molecular weight is 361 g/mol. The summed E-state index contributed by atoms with van der Waals surface area (Å²) in [6.07, 6.45) is 0. The molecule has 0 aliphatic carbocycles. The topological polar surface area (TPSA) is 58.2 Å². The molecule has 0 saturated heterocycles. The summed E-state index contributed by atoms with van der Waals surface area (Å²) in [5.41, 5.74) is 2.73. The van der Waals surface area contributed by atoms with Crippen molar-refractivity contribution in [1.29, 1.82) is 0 Å². The quantitative estimate of drug-likeness (QED) is 0.871. The van der Waals surface area contributed by atoms with E-state index in [2.05, 4.69) is 26.6 Å². The van der Waals surface area contributed by atoms with E-state index in [1.54, 1.807) is 36.4 Å². The maximum atomic E-state index is 12.3. The Kier molecular flexibility index (Phi) is 5.33. The van der Waals surface area contributed by atoms with Crippen LogP contribution in [0.2, 0.25) is 0 Å². The third-order valence-electron chi connectivity index (χ3n) is 3.15. The molecule has 0 heterocycles. The Balaban J connectivity index is 2.16. The first-order valence-electron chi connectivity index (χ1n) is 6.97. The molecule has 0 atom stereocenters. The van der Waals surface area contributed by atoms with Gasteiger partial charge in [-0.05, 0) is 49.7 Å². The van der Waals surface area contributed by atoms with Crippen molar-refractivity contribution in [2.75, 3.05) is 11.9 Å². The van der Waals surface area contributed by atoms with E-state index in [0.717, 1.165) is 10.0 Å². The highest BCUT2D eigenvalue weighted by Gasteiger charge is 2.09. The zero-order valence-corrected chi connectivity index (χ0v) is 14.0. The van der Waals surface area contributed by atoms with Gasteiger partial charge < -0.3 is 10.6 Å². The summed E-state index contributed by atoms with van der Waals surface area (Å²) in [5, 5.41) is 5.53. The van der Waals surface area contributed by atoms with Gasteiger partial charge in [0.1, 0.15) is 0 Å². The molecule has 22 heavy (non-hydrogen) atoms. The number of nitrogens with one attached hydrogen (secondary N) is 2. The molecule has 2 aromatic carbocycles. The molecule has 0 unspecified atom stereocenters. The molecule has 0 aliphatic heterocycles. The standard InChI is InChI=1S/C17H17BrN2O2/c1-3-19-16(21)12-5-4-6-14(9-12)20-17(22)13-8-7-11(2)15(18)10-13/h4-10H,3H2,1-2H3,(H,19,21)(H,20,22). The van der Waals surface area contributed by atoms with Crippen molar-refractivity contribution in [3.05, 3.63) is 63.6 Å². The van der Waals surface area contributed by atoms with Gasteiger partial charge in [0, 0.05) is 27.8 Å². The third-order valence-corrected chi connectivity index (χ3v) is 4.01. The summed E-state index contributed by atoms with van der Waals surface area (Å²) < 4.78 is 0.885. The molecule has 5 heteroatoms. The maximum absolute atomic E-state index is 12.3. The molecule has 114 valence electrons. The van der Waals surface area contributed by atoms with Crippen molar-refractivity contribution < 1.29 is 9.59 Å². The molecule has 2 N–H and O–H groups in total. The van der Waals surface area contributed by atoms with E-state index in [0.29, 0.717) is 23.4 Å². The largest absolute Gasteiger partial charge is 0.352 e. The van der Waals surface area contributed by atoms with E-state index in [9.17, 15) is 9.59 Å². The molecule has 0 aromatic heterocycles. The van der Waals surface area contributed by atoms with Gasteiger partial charge in [0.25, 0.3) is 11.8 Å². The van der Waals surface area contributed by atoms with Gasteiger partial charge in [-0.1, -0.05) is 28.1 Å². The lowest BCUT2D eigenvalue weighted by molar-refractivity contribution is 0.0954. The van der Waals surface area contributed by atoms with Crippen LogP contribution in [0.4, 0.5) is 5.69 Å². The highest BCUT2D eigenvalue weighted by atomic mass is 79.9. The van der Waals surface area contributed by atoms with Crippen LogP contribution in [0.3, 0.4) is 0 Å². The average Bonchev–Trinajstić information content (AvgIpc) is 2.50. The fraction of sp³-hybridized carbons (Fsp3) is 0.176. The van der Waals surface area contributed by atoms with Crippen LogP contribution in [0, 0.1) is 6.92 Å². The Bertz CT molecular complexity index is 714. The van der Waals surface area contributed by atoms with Gasteiger partial charge in [0.15, 0.2) is 0 Å². The summed E-state index contributed by atoms with van der Waals surface area (Å²) in [7, 11) is 0. The molecular weight excluding hydrogens is 344 g/mol. The summed E-state index contributed by atoms with van der Waals surface area (Å²) >= 11 is 3.41. The zero-order valence-electron chi connectivity index (χ0n) is 12.4. The molecular formula is C17H17BrN2O2. The zero-order chi connectivity index (χ0) is 16.1. The second-order valence-corrected chi connectivity index (χ2v) is 5.71. The molecule has 0 bridgehead atoms. The first-order valence-corrected chi connectivity index (χ1v) is 7.76. The highest BCUT2D eigenvalue weighted by molar-refractivity contribution is 9.10. The van der Waals surface area contributed by atoms with Crippen molar-refractivity contribution in [1.82, 2.24) is 5.32 Å². The first-order chi connectivity index (χ1) is 10.5. The predicted octanol–water partition coefficient (Wildman–Crippen LogP) is 3.76. The minimum absolute atomic E-state index is 0.156. The Morgan fingerprint density at radius 3 is 2.45 bits per heavy atom. The number of carbonyl (C=O) groups excluding carboxylic acids is 2. The second kappa shape index (κ2) is 7.22. The second-order valence-electron chi connectivity index (χ2n) is 4.86. The summed E-state index contributed by atoms with van der Waals surface area (Å²) in [5.74, 6) is -0.370. The number of rotatable bonds is 4. The molecule has 0 spiro atoms. The van der Waals surface area contributed by atoms with Gasteiger partial charge >= 0.3 is 0 Å². The normalized spacial score (nSPS) is 10.1. The Hall–Kier alpha value is -2.14. The van der Waals surface area contributed by atoms with Crippen molar-refractivity contribution in [3.63, 3.8) is 0 Å². The first kappa shape index (κ1) is 16.2. The van der Waals surface area contributed by atoms with E-state index >= 15 is 0 Å². The molecule has 0 saturated carbocycles. The van der Waals surface area contributed by atoms with Crippen LogP contribution in [-0.4, -0.2) is 18.4 Å².